The minimum Gasteiger partial charge on any atom is -0.395 e. The van der Waals surface area contributed by atoms with Crippen molar-refractivity contribution in [2.24, 2.45) is 0 Å². The highest BCUT2D eigenvalue weighted by Gasteiger charge is 2.23. The first-order valence-corrected chi connectivity index (χ1v) is 8.06. The van der Waals surface area contributed by atoms with E-state index in [0.29, 0.717) is 19.6 Å². The predicted molar refractivity (Wildman–Crippen MR) is 91.3 cm³/mol. The maximum atomic E-state index is 12.9. The quantitative estimate of drug-likeness (QED) is 0.940. The molecule has 0 atom stereocenters. The van der Waals surface area contributed by atoms with Gasteiger partial charge in [-0.15, -0.1) is 0 Å². The molecule has 0 aromatic heterocycles. The Balaban J connectivity index is 1.79. The molecule has 3 rings (SSSR count). The summed E-state index contributed by atoms with van der Waals surface area (Å²) < 4.78 is 0. The summed E-state index contributed by atoms with van der Waals surface area (Å²) in [6.07, 6.45) is 0. The molecule has 120 valence electrons. The second-order valence-electron chi connectivity index (χ2n) is 5.77. The van der Waals surface area contributed by atoms with Crippen molar-refractivity contribution in [3.05, 3.63) is 60.2 Å². The molecule has 0 saturated carbocycles. The lowest BCUT2D eigenvalue weighted by Gasteiger charge is -2.34. The van der Waals surface area contributed by atoms with Crippen LogP contribution in [0.5, 0.6) is 0 Å². The Bertz CT molecular complexity index is 649. The normalized spacial score (nSPS) is 15.6. The average molecular weight is 310 g/mol. The summed E-state index contributed by atoms with van der Waals surface area (Å²) >= 11 is 0. The molecular weight excluding hydrogens is 288 g/mol. The van der Waals surface area contributed by atoms with E-state index in [1.165, 1.54) is 0 Å². The molecular formula is C19H22N2O2. The van der Waals surface area contributed by atoms with Crippen LogP contribution in [0.1, 0.15) is 10.4 Å². The van der Waals surface area contributed by atoms with E-state index in [1.807, 2.05) is 59.5 Å². The first kappa shape index (κ1) is 15.7. The molecule has 1 saturated heterocycles. The number of amides is 1. The summed E-state index contributed by atoms with van der Waals surface area (Å²) in [5, 5.41) is 9.01. The number of carbonyl (C=O) groups is 1. The van der Waals surface area contributed by atoms with Gasteiger partial charge in [0, 0.05) is 38.3 Å². The second kappa shape index (κ2) is 7.40. The molecule has 4 heteroatoms. The number of rotatable bonds is 4. The third kappa shape index (κ3) is 3.60. The summed E-state index contributed by atoms with van der Waals surface area (Å²) in [5.74, 6) is 0.0908. The summed E-state index contributed by atoms with van der Waals surface area (Å²) in [5.41, 5.74) is 2.81. The number of β-amino-alcohol motifs (C(OH)–C–C–N with tert-alkyl or cyclic N) is 1. The fourth-order valence-electron chi connectivity index (χ4n) is 3.03. The zero-order chi connectivity index (χ0) is 16.1. The number of aliphatic hydroxyl groups excluding tert-OH is 1. The van der Waals surface area contributed by atoms with Crippen LogP contribution in [0.3, 0.4) is 0 Å². The zero-order valence-corrected chi connectivity index (χ0v) is 13.2. The minimum atomic E-state index is 0.0908. The molecule has 1 heterocycles. The van der Waals surface area contributed by atoms with Crippen LogP contribution in [-0.2, 0) is 0 Å². The molecule has 1 aliphatic heterocycles. The van der Waals surface area contributed by atoms with Crippen LogP contribution < -0.4 is 0 Å². The Hall–Kier alpha value is -2.17. The van der Waals surface area contributed by atoms with Crippen molar-refractivity contribution in [1.82, 2.24) is 9.80 Å². The lowest BCUT2D eigenvalue weighted by atomic mass is 9.98. The first-order valence-electron chi connectivity index (χ1n) is 8.06. The van der Waals surface area contributed by atoms with Crippen LogP contribution in [0.25, 0.3) is 11.1 Å². The van der Waals surface area contributed by atoms with Gasteiger partial charge in [-0.05, 0) is 17.2 Å². The van der Waals surface area contributed by atoms with Crippen molar-refractivity contribution in [3.63, 3.8) is 0 Å². The van der Waals surface area contributed by atoms with E-state index in [2.05, 4.69) is 4.90 Å². The van der Waals surface area contributed by atoms with Crippen molar-refractivity contribution < 1.29 is 9.90 Å². The maximum absolute atomic E-state index is 12.9. The van der Waals surface area contributed by atoms with E-state index in [-0.39, 0.29) is 12.5 Å². The van der Waals surface area contributed by atoms with Crippen LogP contribution in [0.4, 0.5) is 0 Å². The Labute approximate surface area is 137 Å². The van der Waals surface area contributed by atoms with E-state index in [9.17, 15) is 4.79 Å². The van der Waals surface area contributed by atoms with Crippen LogP contribution in [-0.4, -0.2) is 60.1 Å². The van der Waals surface area contributed by atoms with E-state index in [1.54, 1.807) is 0 Å². The van der Waals surface area contributed by atoms with Crippen molar-refractivity contribution >= 4 is 5.91 Å². The van der Waals surface area contributed by atoms with Crippen LogP contribution >= 0.6 is 0 Å². The van der Waals surface area contributed by atoms with Crippen molar-refractivity contribution in [3.8, 4) is 11.1 Å². The number of aliphatic hydroxyl groups is 1. The highest BCUT2D eigenvalue weighted by atomic mass is 16.3. The van der Waals surface area contributed by atoms with Gasteiger partial charge in [0.2, 0.25) is 0 Å². The monoisotopic (exact) mass is 310 g/mol. The van der Waals surface area contributed by atoms with Crippen LogP contribution in [0.2, 0.25) is 0 Å². The molecule has 4 nitrogen and oxygen atoms in total. The van der Waals surface area contributed by atoms with E-state index in [0.717, 1.165) is 29.8 Å². The Morgan fingerprint density at radius 2 is 1.57 bits per heavy atom. The first-order chi connectivity index (χ1) is 11.3. The molecule has 1 amide bonds. The molecule has 1 fully saturated rings. The Kier molecular flexibility index (Phi) is 5.05. The van der Waals surface area contributed by atoms with Gasteiger partial charge >= 0.3 is 0 Å². The van der Waals surface area contributed by atoms with E-state index >= 15 is 0 Å². The van der Waals surface area contributed by atoms with Gasteiger partial charge in [-0.2, -0.15) is 0 Å². The Morgan fingerprint density at radius 1 is 0.913 bits per heavy atom. The summed E-state index contributed by atoms with van der Waals surface area (Å²) in [6, 6.07) is 17.8. The molecule has 0 unspecified atom stereocenters. The highest BCUT2D eigenvalue weighted by Crippen LogP contribution is 2.24. The van der Waals surface area contributed by atoms with Crippen LogP contribution in [0, 0.1) is 0 Å². The largest absolute Gasteiger partial charge is 0.395 e. The lowest BCUT2D eigenvalue weighted by Crippen LogP contribution is -2.49. The van der Waals surface area contributed by atoms with Gasteiger partial charge in [0.25, 0.3) is 5.91 Å². The number of nitrogens with zero attached hydrogens (tertiary/aromatic N) is 2. The average Bonchev–Trinajstić information content (AvgIpc) is 2.63. The lowest BCUT2D eigenvalue weighted by molar-refractivity contribution is 0.0615. The molecule has 1 aliphatic rings. The number of hydrogen-bond donors (Lipinski definition) is 1. The van der Waals surface area contributed by atoms with E-state index < -0.39 is 0 Å². The number of carbonyl (C=O) groups excluding carboxylic acids is 1. The van der Waals surface area contributed by atoms with Gasteiger partial charge in [0.1, 0.15) is 0 Å². The topological polar surface area (TPSA) is 43.8 Å². The van der Waals surface area contributed by atoms with Gasteiger partial charge in [-0.25, -0.2) is 0 Å². The van der Waals surface area contributed by atoms with Crippen LogP contribution in [0.15, 0.2) is 54.6 Å². The SMILES string of the molecule is O=C(c1ccccc1-c1ccccc1)N1CCN(CCO)CC1. The minimum absolute atomic E-state index is 0.0908. The highest BCUT2D eigenvalue weighted by molar-refractivity contribution is 6.00. The van der Waals surface area contributed by atoms with Gasteiger partial charge < -0.3 is 10.0 Å². The number of benzene rings is 2. The van der Waals surface area contributed by atoms with Crippen molar-refractivity contribution in [2.45, 2.75) is 0 Å². The zero-order valence-electron chi connectivity index (χ0n) is 13.2. The third-order valence-electron chi connectivity index (χ3n) is 4.32. The Morgan fingerprint density at radius 3 is 2.26 bits per heavy atom. The molecule has 0 radical (unpaired) electrons. The third-order valence-corrected chi connectivity index (χ3v) is 4.32. The molecule has 0 bridgehead atoms. The molecule has 23 heavy (non-hydrogen) atoms. The summed E-state index contributed by atoms with van der Waals surface area (Å²) in [4.78, 5) is 17.0. The van der Waals surface area contributed by atoms with Crippen molar-refractivity contribution in [2.75, 3.05) is 39.3 Å². The fraction of sp³-hybridized carbons (Fsp3) is 0.316. The summed E-state index contributed by atoms with van der Waals surface area (Å²) in [6.45, 7) is 3.91. The standard InChI is InChI=1S/C19H22N2O2/c22-15-14-20-10-12-21(13-11-20)19(23)18-9-5-4-8-17(18)16-6-2-1-3-7-16/h1-9,22H,10-15H2. The maximum Gasteiger partial charge on any atom is 0.254 e. The van der Waals surface area contributed by atoms with Gasteiger partial charge in [0.05, 0.1) is 6.61 Å². The predicted octanol–water partition coefficient (Wildman–Crippen LogP) is 2.10. The van der Waals surface area contributed by atoms with Gasteiger partial charge in [-0.3, -0.25) is 9.69 Å². The molecule has 0 aliphatic carbocycles. The number of hydrogen-bond acceptors (Lipinski definition) is 3. The molecule has 2 aromatic rings. The van der Waals surface area contributed by atoms with Gasteiger partial charge in [0.15, 0.2) is 0 Å². The van der Waals surface area contributed by atoms with Gasteiger partial charge in [-0.1, -0.05) is 48.5 Å². The molecule has 2 aromatic carbocycles. The summed E-state index contributed by atoms with van der Waals surface area (Å²) in [7, 11) is 0. The molecule has 0 spiro atoms. The molecule has 1 N–H and O–H groups in total. The smallest absolute Gasteiger partial charge is 0.254 e. The number of piperazine rings is 1. The fourth-order valence-corrected chi connectivity index (χ4v) is 3.03. The van der Waals surface area contributed by atoms with Crippen molar-refractivity contribution in [1.29, 1.82) is 0 Å². The second-order valence-corrected chi connectivity index (χ2v) is 5.77. The van der Waals surface area contributed by atoms with E-state index in [4.69, 9.17) is 5.11 Å².